The van der Waals surface area contributed by atoms with Crippen molar-refractivity contribution < 1.29 is 4.79 Å². The maximum atomic E-state index is 12.4. The van der Waals surface area contributed by atoms with Crippen molar-refractivity contribution in [2.75, 3.05) is 7.05 Å². The Labute approximate surface area is 126 Å². The van der Waals surface area contributed by atoms with Gasteiger partial charge in [0.25, 0.3) is 5.91 Å². The number of rotatable bonds is 3. The number of hydrogen-bond acceptors (Lipinski definition) is 4. The van der Waals surface area contributed by atoms with E-state index in [0.717, 1.165) is 5.56 Å². The van der Waals surface area contributed by atoms with E-state index in [0.29, 0.717) is 0 Å². The lowest BCUT2D eigenvalue weighted by Crippen LogP contribution is -2.30. The molecule has 1 unspecified atom stereocenters. The second kappa shape index (κ2) is 6.15. The van der Waals surface area contributed by atoms with Gasteiger partial charge in [-0.2, -0.15) is 0 Å². The Morgan fingerprint density at radius 3 is 2.55 bits per heavy atom. The minimum Gasteiger partial charge on any atom is -0.335 e. The summed E-state index contributed by atoms with van der Waals surface area (Å²) in [6, 6.07) is 4.99. The molecule has 2 aromatic heterocycles. The maximum absolute atomic E-state index is 12.4. The van der Waals surface area contributed by atoms with Crippen molar-refractivity contribution in [3.8, 4) is 0 Å². The van der Waals surface area contributed by atoms with Gasteiger partial charge < -0.3 is 4.90 Å². The molecule has 0 spiro atoms. The Morgan fingerprint density at radius 2 is 1.90 bits per heavy atom. The Bertz CT molecular complexity index is 621. The molecule has 104 valence electrons. The summed E-state index contributed by atoms with van der Waals surface area (Å²) >= 11 is 11.6. The van der Waals surface area contributed by atoms with Crippen LogP contribution in [0.2, 0.25) is 10.3 Å². The molecular weight excluding hydrogens is 299 g/mol. The molecule has 7 heteroatoms. The SMILES string of the molecule is CC(c1ccncc1)N(C)C(=O)c1cc(Cl)nnc1Cl. The highest BCUT2D eigenvalue weighted by Crippen LogP contribution is 2.23. The second-order valence-electron chi connectivity index (χ2n) is 4.24. The number of pyridine rings is 1. The van der Waals surface area contributed by atoms with Gasteiger partial charge >= 0.3 is 0 Å². The van der Waals surface area contributed by atoms with Crippen LogP contribution in [0.4, 0.5) is 0 Å². The average Bonchev–Trinajstić information content (AvgIpc) is 2.48. The zero-order valence-corrected chi connectivity index (χ0v) is 12.4. The molecule has 0 bridgehead atoms. The molecule has 0 aliphatic carbocycles. The van der Waals surface area contributed by atoms with Crippen LogP contribution in [-0.4, -0.2) is 33.0 Å². The number of halogens is 2. The average molecular weight is 311 g/mol. The van der Waals surface area contributed by atoms with Crippen molar-refractivity contribution in [1.82, 2.24) is 20.1 Å². The zero-order chi connectivity index (χ0) is 14.7. The highest BCUT2D eigenvalue weighted by atomic mass is 35.5. The van der Waals surface area contributed by atoms with Crippen LogP contribution in [0, 0.1) is 0 Å². The highest BCUT2D eigenvalue weighted by molar-refractivity contribution is 6.34. The molecular formula is C13H12Cl2N4O. The third-order valence-corrected chi connectivity index (χ3v) is 3.50. The van der Waals surface area contributed by atoms with Gasteiger partial charge in [-0.25, -0.2) is 0 Å². The summed E-state index contributed by atoms with van der Waals surface area (Å²) in [4.78, 5) is 18.0. The molecule has 1 amide bonds. The molecule has 0 saturated carbocycles. The first-order chi connectivity index (χ1) is 9.50. The molecule has 5 nitrogen and oxygen atoms in total. The van der Waals surface area contributed by atoms with E-state index in [-0.39, 0.29) is 27.8 Å². The minimum atomic E-state index is -0.267. The number of aromatic nitrogens is 3. The van der Waals surface area contributed by atoms with Crippen LogP contribution in [0.25, 0.3) is 0 Å². The van der Waals surface area contributed by atoms with E-state index in [1.54, 1.807) is 24.3 Å². The molecule has 0 fully saturated rings. The van der Waals surface area contributed by atoms with Crippen LogP contribution in [0.15, 0.2) is 30.6 Å². The molecule has 0 aliphatic heterocycles. The van der Waals surface area contributed by atoms with Crippen LogP contribution in [0.3, 0.4) is 0 Å². The number of nitrogens with zero attached hydrogens (tertiary/aromatic N) is 4. The lowest BCUT2D eigenvalue weighted by Gasteiger charge is -2.25. The molecule has 0 saturated heterocycles. The molecule has 0 aliphatic rings. The molecule has 2 rings (SSSR count). The largest absolute Gasteiger partial charge is 0.335 e. The molecule has 2 aromatic rings. The summed E-state index contributed by atoms with van der Waals surface area (Å²) in [5.41, 5.74) is 1.20. The van der Waals surface area contributed by atoms with Gasteiger partial charge in [0.1, 0.15) is 0 Å². The summed E-state index contributed by atoms with van der Waals surface area (Å²) < 4.78 is 0. The predicted molar refractivity (Wildman–Crippen MR) is 76.8 cm³/mol. The quantitative estimate of drug-likeness (QED) is 0.874. The van der Waals surface area contributed by atoms with E-state index in [4.69, 9.17) is 23.2 Å². The monoisotopic (exact) mass is 310 g/mol. The number of hydrogen-bond donors (Lipinski definition) is 0. The van der Waals surface area contributed by atoms with Crippen molar-refractivity contribution >= 4 is 29.1 Å². The maximum Gasteiger partial charge on any atom is 0.257 e. The summed E-state index contributed by atoms with van der Waals surface area (Å²) in [5.74, 6) is -0.267. The van der Waals surface area contributed by atoms with Gasteiger partial charge in [-0.1, -0.05) is 23.2 Å². The lowest BCUT2D eigenvalue weighted by molar-refractivity contribution is 0.0742. The van der Waals surface area contributed by atoms with E-state index in [1.165, 1.54) is 6.07 Å². The third-order valence-electron chi connectivity index (χ3n) is 3.04. The Balaban J connectivity index is 2.27. The third kappa shape index (κ3) is 3.05. The molecule has 0 N–H and O–H groups in total. The lowest BCUT2D eigenvalue weighted by atomic mass is 10.1. The number of carbonyl (C=O) groups is 1. The molecule has 20 heavy (non-hydrogen) atoms. The van der Waals surface area contributed by atoms with Gasteiger partial charge in [-0.15, -0.1) is 10.2 Å². The first kappa shape index (κ1) is 14.7. The van der Waals surface area contributed by atoms with Crippen LogP contribution >= 0.6 is 23.2 Å². The Kier molecular flexibility index (Phi) is 4.52. The fourth-order valence-corrected chi connectivity index (χ4v) is 2.05. The zero-order valence-electron chi connectivity index (χ0n) is 10.9. The first-order valence-corrected chi connectivity index (χ1v) is 6.62. The Hall–Kier alpha value is -1.72. The van der Waals surface area contributed by atoms with E-state index in [9.17, 15) is 4.79 Å². The van der Waals surface area contributed by atoms with Crippen LogP contribution < -0.4 is 0 Å². The molecule has 0 aromatic carbocycles. The normalized spacial score (nSPS) is 12.0. The summed E-state index contributed by atoms with van der Waals surface area (Å²) in [7, 11) is 1.69. The molecule has 1 atom stereocenters. The van der Waals surface area contributed by atoms with Crippen molar-refractivity contribution in [2.45, 2.75) is 13.0 Å². The topological polar surface area (TPSA) is 59.0 Å². The standard InChI is InChI=1S/C13H12Cl2N4O/c1-8(9-3-5-16-6-4-9)19(2)13(20)10-7-11(14)17-18-12(10)15/h3-8H,1-2H3. The van der Waals surface area contributed by atoms with Gasteiger partial charge in [0, 0.05) is 19.4 Å². The van der Waals surface area contributed by atoms with E-state index in [2.05, 4.69) is 15.2 Å². The number of carbonyl (C=O) groups excluding carboxylic acids is 1. The van der Waals surface area contributed by atoms with Crippen LogP contribution in [0.5, 0.6) is 0 Å². The fraction of sp³-hybridized carbons (Fsp3) is 0.231. The fourth-order valence-electron chi connectivity index (χ4n) is 1.73. The smallest absolute Gasteiger partial charge is 0.257 e. The Morgan fingerprint density at radius 1 is 1.25 bits per heavy atom. The van der Waals surface area contributed by atoms with Crippen molar-refractivity contribution in [3.05, 3.63) is 52.0 Å². The van der Waals surface area contributed by atoms with Crippen molar-refractivity contribution in [1.29, 1.82) is 0 Å². The van der Waals surface area contributed by atoms with E-state index in [1.807, 2.05) is 19.1 Å². The van der Waals surface area contributed by atoms with Gasteiger partial charge in [-0.05, 0) is 30.7 Å². The van der Waals surface area contributed by atoms with Gasteiger partial charge in [0.2, 0.25) is 0 Å². The molecule has 2 heterocycles. The minimum absolute atomic E-state index is 0.0354. The van der Waals surface area contributed by atoms with Crippen molar-refractivity contribution in [2.24, 2.45) is 0 Å². The first-order valence-electron chi connectivity index (χ1n) is 5.86. The summed E-state index contributed by atoms with van der Waals surface area (Å²) in [5, 5.41) is 7.39. The summed E-state index contributed by atoms with van der Waals surface area (Å²) in [6.07, 6.45) is 3.37. The van der Waals surface area contributed by atoms with Gasteiger partial charge in [0.15, 0.2) is 10.3 Å². The van der Waals surface area contributed by atoms with E-state index >= 15 is 0 Å². The van der Waals surface area contributed by atoms with Crippen LogP contribution in [-0.2, 0) is 0 Å². The van der Waals surface area contributed by atoms with E-state index < -0.39 is 0 Å². The summed E-state index contributed by atoms with van der Waals surface area (Å²) in [6.45, 7) is 1.91. The van der Waals surface area contributed by atoms with Gasteiger partial charge in [0.05, 0.1) is 11.6 Å². The van der Waals surface area contributed by atoms with Crippen molar-refractivity contribution in [3.63, 3.8) is 0 Å². The highest BCUT2D eigenvalue weighted by Gasteiger charge is 2.22. The molecule has 0 radical (unpaired) electrons. The van der Waals surface area contributed by atoms with Gasteiger partial charge in [-0.3, -0.25) is 9.78 Å². The van der Waals surface area contributed by atoms with Crippen LogP contribution in [0.1, 0.15) is 28.9 Å². The second-order valence-corrected chi connectivity index (χ2v) is 4.99. The number of amides is 1. The predicted octanol–water partition coefficient (Wildman–Crippen LogP) is 3.01.